The highest BCUT2D eigenvalue weighted by Crippen LogP contribution is 2.32. The summed E-state index contributed by atoms with van der Waals surface area (Å²) in [6.07, 6.45) is 0.896. The van der Waals surface area contributed by atoms with Crippen LogP contribution >= 0.6 is 0 Å². The number of nitrogens with zero attached hydrogens (tertiary/aromatic N) is 1. The van der Waals surface area contributed by atoms with Gasteiger partial charge in [0, 0.05) is 18.3 Å². The third kappa shape index (κ3) is 4.65. The number of rotatable bonds is 8. The van der Waals surface area contributed by atoms with Crippen LogP contribution < -0.4 is 5.32 Å². The van der Waals surface area contributed by atoms with Gasteiger partial charge in [-0.25, -0.2) is 13.6 Å². The third-order valence-electron chi connectivity index (χ3n) is 4.06. The zero-order valence-corrected chi connectivity index (χ0v) is 16.0. The molecule has 0 radical (unpaired) electrons. The first-order chi connectivity index (χ1) is 14.2. The van der Waals surface area contributed by atoms with Crippen molar-refractivity contribution in [3.63, 3.8) is 0 Å². The highest BCUT2D eigenvalue weighted by atomic mass is 19.2. The van der Waals surface area contributed by atoms with E-state index in [0.717, 1.165) is 18.7 Å². The maximum Gasteiger partial charge on any atom is 0.343 e. The van der Waals surface area contributed by atoms with Gasteiger partial charge in [-0.2, -0.15) is 4.39 Å². The number of hydrogen-bond donors (Lipinski definition) is 1. The van der Waals surface area contributed by atoms with Gasteiger partial charge < -0.3 is 10.1 Å². The number of nitrogens with one attached hydrogen (secondary N) is 1. The standard InChI is InChI=1S/C20H17F3N2O5/c1-3-30-20(27)13(10-24-9-12-7-5-4-6-8-12)19(26)14-15(21)11(2)16(22)17(23)18(14)25(28)29/h4-8,10,24H,3,9H2,1-2H3. The number of hydrogen-bond acceptors (Lipinski definition) is 6. The molecule has 7 nitrogen and oxygen atoms in total. The highest BCUT2D eigenvalue weighted by molar-refractivity contribution is 6.25. The van der Waals surface area contributed by atoms with E-state index in [1.54, 1.807) is 30.3 Å². The Hall–Kier alpha value is -3.69. The van der Waals surface area contributed by atoms with Gasteiger partial charge >= 0.3 is 11.7 Å². The van der Waals surface area contributed by atoms with Crippen molar-refractivity contribution in [3.8, 4) is 0 Å². The number of carbonyl (C=O) groups excluding carboxylic acids is 2. The number of esters is 1. The van der Waals surface area contributed by atoms with Crippen LogP contribution in [0.1, 0.15) is 28.4 Å². The van der Waals surface area contributed by atoms with Gasteiger partial charge in [0.25, 0.3) is 0 Å². The normalized spacial score (nSPS) is 11.2. The fourth-order valence-electron chi connectivity index (χ4n) is 2.57. The molecule has 0 heterocycles. The second kappa shape index (κ2) is 9.68. The molecule has 0 aliphatic carbocycles. The first-order valence-electron chi connectivity index (χ1n) is 8.71. The molecule has 10 heteroatoms. The summed E-state index contributed by atoms with van der Waals surface area (Å²) in [5, 5.41) is 13.9. The van der Waals surface area contributed by atoms with Gasteiger partial charge in [-0.05, 0) is 19.4 Å². The number of ketones is 1. The lowest BCUT2D eigenvalue weighted by Gasteiger charge is -2.11. The number of carbonyl (C=O) groups is 2. The van der Waals surface area contributed by atoms with Gasteiger partial charge in [-0.3, -0.25) is 14.9 Å². The fourth-order valence-corrected chi connectivity index (χ4v) is 2.57. The van der Waals surface area contributed by atoms with Gasteiger partial charge in [-0.15, -0.1) is 0 Å². The topological polar surface area (TPSA) is 98.5 Å². The Kier molecular flexibility index (Phi) is 7.29. The fraction of sp³-hybridized carbons (Fsp3) is 0.200. The van der Waals surface area contributed by atoms with E-state index in [0.29, 0.717) is 0 Å². The smallest absolute Gasteiger partial charge is 0.343 e. The van der Waals surface area contributed by atoms with Crippen molar-refractivity contribution in [1.29, 1.82) is 0 Å². The number of nitro benzene ring substituents is 1. The predicted molar refractivity (Wildman–Crippen MR) is 100 cm³/mol. The maximum atomic E-state index is 14.6. The van der Waals surface area contributed by atoms with E-state index in [9.17, 15) is 32.9 Å². The predicted octanol–water partition coefficient (Wildman–Crippen LogP) is 3.74. The molecule has 0 aliphatic heterocycles. The van der Waals surface area contributed by atoms with E-state index in [-0.39, 0.29) is 13.2 Å². The summed E-state index contributed by atoms with van der Waals surface area (Å²) >= 11 is 0. The molecule has 2 aromatic rings. The van der Waals surface area contributed by atoms with E-state index < -0.39 is 56.5 Å². The minimum atomic E-state index is -2.00. The lowest BCUT2D eigenvalue weighted by Crippen LogP contribution is -2.22. The van der Waals surface area contributed by atoms with Gasteiger partial charge in [0.2, 0.25) is 11.6 Å². The van der Waals surface area contributed by atoms with Gasteiger partial charge in [0.1, 0.15) is 17.0 Å². The lowest BCUT2D eigenvalue weighted by atomic mass is 9.98. The van der Waals surface area contributed by atoms with Crippen molar-refractivity contribution in [2.24, 2.45) is 0 Å². The number of halogens is 3. The molecule has 0 aliphatic rings. The molecular formula is C20H17F3N2O5. The molecule has 2 aromatic carbocycles. The molecule has 0 fully saturated rings. The molecule has 158 valence electrons. The van der Waals surface area contributed by atoms with Crippen LogP contribution in [0, 0.1) is 34.5 Å². The second-order valence-corrected chi connectivity index (χ2v) is 6.02. The van der Waals surface area contributed by atoms with Crippen molar-refractivity contribution >= 4 is 17.4 Å². The maximum absolute atomic E-state index is 14.6. The lowest BCUT2D eigenvalue weighted by molar-refractivity contribution is -0.388. The van der Waals surface area contributed by atoms with Crippen molar-refractivity contribution in [1.82, 2.24) is 5.32 Å². The van der Waals surface area contributed by atoms with Crippen molar-refractivity contribution in [3.05, 3.63) is 86.4 Å². The molecule has 0 amide bonds. The average molecular weight is 422 g/mol. The Morgan fingerprint density at radius 1 is 1.13 bits per heavy atom. The van der Waals surface area contributed by atoms with Crippen LogP contribution in [0.3, 0.4) is 0 Å². The number of nitro groups is 1. The summed E-state index contributed by atoms with van der Waals surface area (Å²) in [7, 11) is 0. The Balaban J connectivity index is 2.54. The quantitative estimate of drug-likeness (QED) is 0.102. The van der Waals surface area contributed by atoms with Crippen LogP contribution in [-0.2, 0) is 16.1 Å². The summed E-state index contributed by atoms with van der Waals surface area (Å²) < 4.78 is 47.2. The van der Waals surface area contributed by atoms with Crippen LogP contribution in [0.5, 0.6) is 0 Å². The molecule has 0 bridgehead atoms. The minimum absolute atomic E-state index is 0.149. The summed E-state index contributed by atoms with van der Waals surface area (Å²) in [5.74, 6) is -8.15. The Labute approximate surface area is 169 Å². The number of benzene rings is 2. The monoisotopic (exact) mass is 422 g/mol. The van der Waals surface area contributed by atoms with Gasteiger partial charge in [0.15, 0.2) is 5.82 Å². The Bertz CT molecular complexity index is 1020. The van der Waals surface area contributed by atoms with E-state index in [1.807, 2.05) is 0 Å². The first-order valence-corrected chi connectivity index (χ1v) is 8.71. The molecule has 0 spiro atoms. The van der Waals surface area contributed by atoms with Crippen LogP contribution in [-0.4, -0.2) is 23.3 Å². The summed E-state index contributed by atoms with van der Waals surface area (Å²) in [4.78, 5) is 34.8. The molecule has 30 heavy (non-hydrogen) atoms. The third-order valence-corrected chi connectivity index (χ3v) is 4.06. The molecule has 0 saturated carbocycles. The molecule has 2 rings (SSSR count). The molecular weight excluding hydrogens is 405 g/mol. The zero-order valence-electron chi connectivity index (χ0n) is 16.0. The van der Waals surface area contributed by atoms with Gasteiger partial charge in [-0.1, -0.05) is 30.3 Å². The molecule has 1 N–H and O–H groups in total. The molecule has 0 unspecified atom stereocenters. The Morgan fingerprint density at radius 2 is 1.77 bits per heavy atom. The average Bonchev–Trinajstić information content (AvgIpc) is 2.72. The summed E-state index contributed by atoms with van der Waals surface area (Å²) in [6, 6.07) is 8.77. The van der Waals surface area contributed by atoms with E-state index >= 15 is 0 Å². The number of ether oxygens (including phenoxy) is 1. The Morgan fingerprint density at radius 3 is 2.33 bits per heavy atom. The van der Waals surface area contributed by atoms with Crippen molar-refractivity contribution < 1.29 is 32.4 Å². The summed E-state index contributed by atoms with van der Waals surface area (Å²) in [6.45, 7) is 2.26. The molecule has 0 aromatic heterocycles. The zero-order chi connectivity index (χ0) is 22.4. The minimum Gasteiger partial charge on any atom is -0.462 e. The van der Waals surface area contributed by atoms with Crippen molar-refractivity contribution in [2.75, 3.05) is 6.61 Å². The highest BCUT2D eigenvalue weighted by Gasteiger charge is 2.37. The van der Waals surface area contributed by atoms with E-state index in [1.165, 1.54) is 6.92 Å². The number of Topliss-reactive ketones (excluding diaryl/α,β-unsaturated/α-hetero) is 1. The van der Waals surface area contributed by atoms with Crippen LogP contribution in [0.4, 0.5) is 18.9 Å². The molecule has 0 atom stereocenters. The van der Waals surface area contributed by atoms with Crippen LogP contribution in [0.25, 0.3) is 0 Å². The summed E-state index contributed by atoms with van der Waals surface area (Å²) in [5.41, 5.74) is -4.02. The second-order valence-electron chi connectivity index (χ2n) is 6.02. The van der Waals surface area contributed by atoms with Crippen molar-refractivity contribution in [2.45, 2.75) is 20.4 Å². The first kappa shape index (κ1) is 22.6. The van der Waals surface area contributed by atoms with E-state index in [4.69, 9.17) is 4.74 Å². The van der Waals surface area contributed by atoms with Crippen LogP contribution in [0.2, 0.25) is 0 Å². The van der Waals surface area contributed by atoms with Gasteiger partial charge in [0.05, 0.1) is 11.5 Å². The largest absolute Gasteiger partial charge is 0.462 e. The van der Waals surface area contributed by atoms with E-state index in [2.05, 4.69) is 5.32 Å². The molecule has 0 saturated heterocycles. The SMILES string of the molecule is CCOC(=O)C(=CNCc1ccccc1)C(=O)c1c(F)c(C)c(F)c(F)c1[N+](=O)[O-]. The van der Waals surface area contributed by atoms with Crippen LogP contribution in [0.15, 0.2) is 42.1 Å².